The molecule has 0 aliphatic heterocycles. The summed E-state index contributed by atoms with van der Waals surface area (Å²) in [7, 11) is 5.63. The highest BCUT2D eigenvalue weighted by atomic mass is 19.4. The molecule has 2 aromatic carbocycles. The molecule has 0 radical (unpaired) electrons. The molecule has 2 amide bonds. The lowest BCUT2D eigenvalue weighted by atomic mass is 10.1. The van der Waals surface area contributed by atoms with Gasteiger partial charge in [0.05, 0.1) is 13.3 Å². The lowest BCUT2D eigenvalue weighted by molar-refractivity contribution is -0.193. The van der Waals surface area contributed by atoms with Gasteiger partial charge in [0, 0.05) is 37.1 Å². The maximum Gasteiger partial charge on any atom is 0.490 e. The van der Waals surface area contributed by atoms with E-state index in [-0.39, 0.29) is 6.03 Å². The summed E-state index contributed by atoms with van der Waals surface area (Å²) in [5, 5.41) is 24.0. The van der Waals surface area contributed by atoms with Gasteiger partial charge in [0.1, 0.15) is 5.75 Å². The second-order valence-electron chi connectivity index (χ2n) is 8.68. The van der Waals surface area contributed by atoms with Crippen molar-refractivity contribution >= 4 is 23.7 Å². The van der Waals surface area contributed by atoms with Gasteiger partial charge in [0.2, 0.25) is 0 Å². The molecule has 0 saturated carbocycles. The van der Waals surface area contributed by atoms with Crippen molar-refractivity contribution < 1.29 is 55.7 Å². The third-order valence-corrected chi connectivity index (χ3v) is 5.06. The average molecular weight is 622 g/mol. The molecule has 0 spiro atoms. The lowest BCUT2D eigenvalue weighted by Gasteiger charge is -2.25. The first-order valence-electron chi connectivity index (χ1n) is 12.0. The second kappa shape index (κ2) is 16.6. The van der Waals surface area contributed by atoms with Gasteiger partial charge >= 0.3 is 30.3 Å². The van der Waals surface area contributed by atoms with Gasteiger partial charge in [0.15, 0.2) is 0 Å². The Morgan fingerprint density at radius 2 is 1.47 bits per heavy atom. The Bertz CT molecular complexity index is 1280. The highest BCUT2D eigenvalue weighted by Crippen LogP contribution is 2.21. The Morgan fingerprint density at radius 1 is 0.907 bits per heavy atom. The number of likely N-dealkylation sites (N-methyl/N-ethyl adjacent to an activating group) is 1. The third-order valence-electron chi connectivity index (χ3n) is 5.06. The number of aliphatic carboxylic acids is 2. The van der Waals surface area contributed by atoms with Crippen LogP contribution in [0.4, 0.5) is 36.8 Å². The van der Waals surface area contributed by atoms with Gasteiger partial charge in [-0.15, -0.1) is 0 Å². The van der Waals surface area contributed by atoms with Crippen LogP contribution in [0.5, 0.6) is 5.75 Å². The van der Waals surface area contributed by atoms with Gasteiger partial charge in [-0.25, -0.2) is 14.4 Å². The minimum atomic E-state index is -5.08. The second-order valence-corrected chi connectivity index (χ2v) is 8.68. The minimum absolute atomic E-state index is 0.134. The van der Waals surface area contributed by atoms with Crippen LogP contribution in [0.15, 0.2) is 60.9 Å². The highest BCUT2D eigenvalue weighted by Gasteiger charge is 2.38. The van der Waals surface area contributed by atoms with Crippen molar-refractivity contribution in [2.24, 2.45) is 0 Å². The molecule has 0 aliphatic carbocycles. The number of hydrogen-bond donors (Lipinski definition) is 4. The SMILES string of the molecule is COc1cccc(CN(CCN(C)C)C(=O)Nc2ccc(-c3cn[nH]c3)cc2)c1.O=C(O)C(F)(F)F.O=C(O)C(F)(F)F. The van der Waals surface area contributed by atoms with Gasteiger partial charge in [-0.2, -0.15) is 31.4 Å². The Morgan fingerprint density at radius 3 is 1.91 bits per heavy atom. The highest BCUT2D eigenvalue weighted by molar-refractivity contribution is 5.89. The fraction of sp³-hybridized carbons (Fsp3) is 0.308. The summed E-state index contributed by atoms with van der Waals surface area (Å²) in [6.07, 6.45) is -6.56. The summed E-state index contributed by atoms with van der Waals surface area (Å²) < 4.78 is 68.8. The number of nitrogens with one attached hydrogen (secondary N) is 2. The van der Waals surface area contributed by atoms with Crippen molar-refractivity contribution in [3.8, 4) is 16.9 Å². The zero-order valence-electron chi connectivity index (χ0n) is 23.0. The molecule has 1 heterocycles. The van der Waals surface area contributed by atoms with E-state index in [1.807, 2.05) is 68.8 Å². The number of anilines is 1. The minimum Gasteiger partial charge on any atom is -0.497 e. The zero-order chi connectivity index (χ0) is 32.8. The van der Waals surface area contributed by atoms with E-state index in [4.69, 9.17) is 24.5 Å². The number of nitrogens with zero attached hydrogens (tertiary/aromatic N) is 3. The summed E-state index contributed by atoms with van der Waals surface area (Å²) in [5.41, 5.74) is 3.82. The van der Waals surface area contributed by atoms with Crippen LogP contribution in [0.25, 0.3) is 11.1 Å². The first-order chi connectivity index (χ1) is 19.9. The van der Waals surface area contributed by atoms with Crippen LogP contribution in [0.2, 0.25) is 0 Å². The summed E-state index contributed by atoms with van der Waals surface area (Å²) in [6, 6.07) is 15.4. The van der Waals surface area contributed by atoms with Crippen LogP contribution < -0.4 is 10.1 Å². The Kier molecular flexibility index (Phi) is 14.0. The normalized spacial score (nSPS) is 10.9. The Balaban J connectivity index is 0.000000548. The maximum atomic E-state index is 12.9. The molecule has 0 bridgehead atoms. The standard InChI is InChI=1S/C22H27N5O2.2C2HF3O2/c1-26(2)11-12-27(16-17-5-4-6-21(13-17)29-3)22(28)25-20-9-7-18(8-10-20)19-14-23-24-15-19;2*3-2(4,5)1(6)7/h4-10,13-15H,11-12,16H2,1-3H3,(H,23,24)(H,25,28);2*(H,6,7). The van der Waals surface area contributed by atoms with Crippen LogP contribution >= 0.6 is 0 Å². The number of urea groups is 1. The molecule has 3 aromatic rings. The molecule has 4 N–H and O–H groups in total. The Labute approximate surface area is 241 Å². The lowest BCUT2D eigenvalue weighted by Crippen LogP contribution is -2.39. The predicted octanol–water partition coefficient (Wildman–Crippen LogP) is 4.95. The van der Waals surface area contributed by atoms with Crippen molar-refractivity contribution in [3.05, 3.63) is 66.5 Å². The van der Waals surface area contributed by atoms with Crippen molar-refractivity contribution in [1.29, 1.82) is 0 Å². The number of methoxy groups -OCH3 is 1. The van der Waals surface area contributed by atoms with E-state index in [0.29, 0.717) is 13.1 Å². The number of aromatic amines is 1. The molecule has 0 saturated heterocycles. The molecule has 17 heteroatoms. The number of halogens is 6. The fourth-order valence-corrected chi connectivity index (χ4v) is 2.92. The van der Waals surface area contributed by atoms with Crippen molar-refractivity contribution in [3.63, 3.8) is 0 Å². The number of H-pyrrole nitrogens is 1. The molecule has 0 unspecified atom stereocenters. The summed E-state index contributed by atoms with van der Waals surface area (Å²) >= 11 is 0. The summed E-state index contributed by atoms with van der Waals surface area (Å²) in [5.74, 6) is -4.73. The molecule has 0 aliphatic rings. The monoisotopic (exact) mass is 621 g/mol. The number of carboxylic acid groups (broad SMARTS) is 2. The van der Waals surface area contributed by atoms with Gasteiger partial charge in [-0.1, -0.05) is 24.3 Å². The summed E-state index contributed by atoms with van der Waals surface area (Å²) in [6.45, 7) is 1.89. The van der Waals surface area contributed by atoms with Gasteiger partial charge in [-0.05, 0) is 49.5 Å². The number of alkyl halides is 6. The molecule has 236 valence electrons. The topological polar surface area (TPSA) is 148 Å². The van der Waals surface area contributed by atoms with Crippen molar-refractivity contribution in [1.82, 2.24) is 20.0 Å². The van der Waals surface area contributed by atoms with Crippen LogP contribution in [0, 0.1) is 0 Å². The van der Waals surface area contributed by atoms with Gasteiger partial charge in [0.25, 0.3) is 0 Å². The van der Waals surface area contributed by atoms with E-state index in [2.05, 4.69) is 20.4 Å². The third kappa shape index (κ3) is 14.1. The average Bonchev–Trinajstić information content (AvgIpc) is 3.46. The van der Waals surface area contributed by atoms with Crippen LogP contribution in [-0.4, -0.2) is 94.8 Å². The van der Waals surface area contributed by atoms with Crippen LogP contribution in [0.1, 0.15) is 5.56 Å². The van der Waals surface area contributed by atoms with Crippen LogP contribution in [0.3, 0.4) is 0 Å². The molecule has 0 fully saturated rings. The predicted molar refractivity (Wildman–Crippen MR) is 142 cm³/mol. The van der Waals surface area contributed by atoms with E-state index < -0.39 is 24.3 Å². The maximum absolute atomic E-state index is 12.9. The largest absolute Gasteiger partial charge is 0.497 e. The molecule has 1 aromatic heterocycles. The zero-order valence-corrected chi connectivity index (χ0v) is 23.0. The number of carbonyl (C=O) groups is 3. The molecule has 11 nitrogen and oxygen atoms in total. The van der Waals surface area contributed by atoms with Gasteiger partial charge in [-0.3, -0.25) is 5.10 Å². The molecular formula is C26H29F6N5O6. The molecule has 3 rings (SSSR count). The smallest absolute Gasteiger partial charge is 0.490 e. The molecule has 43 heavy (non-hydrogen) atoms. The molecule has 0 atom stereocenters. The first-order valence-corrected chi connectivity index (χ1v) is 12.0. The molecular weight excluding hydrogens is 592 g/mol. The van der Waals surface area contributed by atoms with Crippen LogP contribution in [-0.2, 0) is 16.1 Å². The number of amides is 2. The number of benzene rings is 2. The number of ether oxygens (including phenoxy) is 1. The van der Waals surface area contributed by atoms with Crippen molar-refractivity contribution in [2.45, 2.75) is 18.9 Å². The number of carboxylic acids is 2. The Hall–Kier alpha value is -4.80. The van der Waals surface area contributed by atoms with E-state index in [1.54, 1.807) is 18.2 Å². The van der Waals surface area contributed by atoms with Gasteiger partial charge < -0.3 is 30.1 Å². The number of aromatic nitrogens is 2. The van der Waals surface area contributed by atoms with E-state index in [9.17, 15) is 31.1 Å². The number of rotatable bonds is 8. The quantitative estimate of drug-likeness (QED) is 0.259. The first kappa shape index (κ1) is 36.2. The fourth-order valence-electron chi connectivity index (χ4n) is 2.92. The number of carbonyl (C=O) groups excluding carboxylic acids is 1. The van der Waals surface area contributed by atoms with Crippen molar-refractivity contribution in [2.75, 3.05) is 39.6 Å². The van der Waals surface area contributed by atoms with E-state index >= 15 is 0 Å². The summed E-state index contributed by atoms with van der Waals surface area (Å²) in [4.78, 5) is 34.6. The van der Waals surface area contributed by atoms with E-state index in [0.717, 1.165) is 34.7 Å². The van der Waals surface area contributed by atoms with E-state index in [1.165, 1.54) is 0 Å². The number of hydrogen-bond acceptors (Lipinski definition) is 6.